The van der Waals surface area contributed by atoms with Gasteiger partial charge in [-0.25, -0.2) is 4.79 Å². The number of fused-ring (bicyclic) bond motifs is 1. The number of ether oxygens (including phenoxy) is 1. The minimum atomic E-state index is -0.00320. The van der Waals surface area contributed by atoms with Gasteiger partial charge in [-0.1, -0.05) is 5.16 Å². The van der Waals surface area contributed by atoms with Gasteiger partial charge in [0.25, 0.3) is 0 Å². The van der Waals surface area contributed by atoms with Crippen LogP contribution in [0.2, 0.25) is 0 Å². The van der Waals surface area contributed by atoms with Crippen molar-refractivity contribution in [3.8, 4) is 5.75 Å². The Morgan fingerprint density at radius 1 is 1.33 bits per heavy atom. The van der Waals surface area contributed by atoms with E-state index in [0.717, 1.165) is 47.6 Å². The van der Waals surface area contributed by atoms with Crippen molar-refractivity contribution >= 4 is 16.9 Å². The molecule has 0 saturated carbocycles. The van der Waals surface area contributed by atoms with Crippen molar-refractivity contribution < 1.29 is 14.1 Å². The zero-order chi connectivity index (χ0) is 16.4. The Labute approximate surface area is 138 Å². The van der Waals surface area contributed by atoms with Gasteiger partial charge in [0.15, 0.2) is 0 Å². The molecule has 0 atom stereocenters. The third-order valence-electron chi connectivity index (χ3n) is 4.10. The number of hydrogen-bond donors (Lipinski definition) is 2. The molecule has 124 valence electrons. The standard InChI is InChI=1S/C17H18N4O3/c22-17(21-5-1-6-21)18-10-14-8-12-2-3-15(9-16(12)19-14)23-11-13-4-7-24-20-13/h2-4,7-9,19H,1,5-6,10-11H2,(H,18,22). The molecule has 0 spiro atoms. The Bertz CT molecular complexity index is 837. The predicted molar refractivity (Wildman–Crippen MR) is 87.6 cm³/mol. The van der Waals surface area contributed by atoms with Crippen LogP contribution in [-0.4, -0.2) is 34.2 Å². The summed E-state index contributed by atoms with van der Waals surface area (Å²) in [5.74, 6) is 0.753. The summed E-state index contributed by atoms with van der Waals surface area (Å²) in [6, 6.07) is 9.65. The minimum Gasteiger partial charge on any atom is -0.487 e. The number of nitrogens with one attached hydrogen (secondary N) is 2. The zero-order valence-electron chi connectivity index (χ0n) is 13.1. The molecule has 0 aliphatic carbocycles. The van der Waals surface area contributed by atoms with Gasteiger partial charge < -0.3 is 24.5 Å². The molecule has 3 heterocycles. The van der Waals surface area contributed by atoms with Crippen LogP contribution < -0.4 is 10.1 Å². The second-order valence-corrected chi connectivity index (χ2v) is 5.82. The number of rotatable bonds is 5. The average Bonchev–Trinajstić information content (AvgIpc) is 3.17. The number of aromatic amines is 1. The second kappa shape index (κ2) is 6.27. The zero-order valence-corrected chi connectivity index (χ0v) is 13.1. The van der Waals surface area contributed by atoms with Gasteiger partial charge in [-0.2, -0.15) is 0 Å². The van der Waals surface area contributed by atoms with E-state index in [0.29, 0.717) is 13.2 Å². The maximum absolute atomic E-state index is 11.8. The number of urea groups is 1. The van der Waals surface area contributed by atoms with Crippen LogP contribution >= 0.6 is 0 Å². The maximum atomic E-state index is 11.8. The van der Waals surface area contributed by atoms with Gasteiger partial charge in [-0.05, 0) is 30.0 Å². The molecule has 4 rings (SSSR count). The lowest BCUT2D eigenvalue weighted by atomic mass is 10.2. The van der Waals surface area contributed by atoms with Crippen molar-refractivity contribution in [3.63, 3.8) is 0 Å². The molecule has 1 aliphatic heterocycles. The van der Waals surface area contributed by atoms with Gasteiger partial charge >= 0.3 is 6.03 Å². The van der Waals surface area contributed by atoms with Crippen molar-refractivity contribution in [2.75, 3.05) is 13.1 Å². The molecule has 0 unspecified atom stereocenters. The van der Waals surface area contributed by atoms with E-state index in [1.54, 1.807) is 11.0 Å². The fourth-order valence-corrected chi connectivity index (χ4v) is 2.62. The van der Waals surface area contributed by atoms with E-state index in [4.69, 9.17) is 9.26 Å². The molecule has 0 radical (unpaired) electrons. The van der Waals surface area contributed by atoms with Crippen LogP contribution in [0.5, 0.6) is 5.75 Å². The highest BCUT2D eigenvalue weighted by atomic mass is 16.5. The summed E-state index contributed by atoms with van der Waals surface area (Å²) in [4.78, 5) is 16.9. The van der Waals surface area contributed by atoms with E-state index in [1.165, 1.54) is 6.26 Å². The summed E-state index contributed by atoms with van der Waals surface area (Å²) in [5, 5.41) is 7.82. The highest BCUT2D eigenvalue weighted by Gasteiger charge is 2.19. The Kier molecular flexibility index (Phi) is 3.82. The summed E-state index contributed by atoms with van der Waals surface area (Å²) >= 11 is 0. The normalized spacial score (nSPS) is 13.8. The van der Waals surface area contributed by atoms with Crippen LogP contribution in [0.15, 0.2) is 41.1 Å². The average molecular weight is 326 g/mol. The molecule has 0 bridgehead atoms. The van der Waals surface area contributed by atoms with Crippen LogP contribution in [0.4, 0.5) is 4.79 Å². The van der Waals surface area contributed by atoms with E-state index in [2.05, 4.69) is 15.5 Å². The van der Waals surface area contributed by atoms with E-state index in [9.17, 15) is 4.79 Å². The first-order valence-corrected chi connectivity index (χ1v) is 7.94. The largest absolute Gasteiger partial charge is 0.487 e. The lowest BCUT2D eigenvalue weighted by molar-refractivity contribution is 0.167. The van der Waals surface area contributed by atoms with Gasteiger partial charge in [-0.15, -0.1) is 0 Å². The first kappa shape index (κ1) is 14.6. The summed E-state index contributed by atoms with van der Waals surface area (Å²) in [6.07, 6.45) is 2.62. The summed E-state index contributed by atoms with van der Waals surface area (Å²) in [6.45, 7) is 2.55. The molecule has 1 fully saturated rings. The van der Waals surface area contributed by atoms with Crippen molar-refractivity contribution in [3.05, 3.63) is 48.0 Å². The SMILES string of the molecule is O=C(NCc1cc2ccc(OCc3ccon3)cc2[nH]1)N1CCC1. The molecule has 1 saturated heterocycles. The van der Waals surface area contributed by atoms with Crippen LogP contribution in [-0.2, 0) is 13.2 Å². The molecular formula is C17H18N4O3. The first-order chi connectivity index (χ1) is 11.8. The molecule has 1 aliphatic rings. The number of amides is 2. The van der Waals surface area contributed by atoms with Crippen molar-refractivity contribution in [1.82, 2.24) is 20.4 Å². The molecule has 3 aromatic rings. The molecule has 2 N–H and O–H groups in total. The van der Waals surface area contributed by atoms with E-state index < -0.39 is 0 Å². The van der Waals surface area contributed by atoms with Gasteiger partial charge in [-0.3, -0.25) is 0 Å². The number of hydrogen-bond acceptors (Lipinski definition) is 4. The summed E-state index contributed by atoms with van der Waals surface area (Å²) < 4.78 is 10.5. The highest BCUT2D eigenvalue weighted by Crippen LogP contribution is 2.22. The van der Waals surface area contributed by atoms with Crippen LogP contribution in [0.3, 0.4) is 0 Å². The lowest BCUT2D eigenvalue weighted by Crippen LogP contribution is -2.47. The quantitative estimate of drug-likeness (QED) is 0.755. The van der Waals surface area contributed by atoms with Gasteiger partial charge in [0, 0.05) is 36.4 Å². The lowest BCUT2D eigenvalue weighted by Gasteiger charge is -2.30. The number of aromatic nitrogens is 2. The number of carbonyl (C=O) groups excluding carboxylic acids is 1. The summed E-state index contributed by atoms with van der Waals surface area (Å²) in [5.41, 5.74) is 2.68. The molecule has 7 heteroatoms. The molecule has 7 nitrogen and oxygen atoms in total. The fourth-order valence-electron chi connectivity index (χ4n) is 2.62. The van der Waals surface area contributed by atoms with Crippen LogP contribution in [0, 0.1) is 0 Å². The topological polar surface area (TPSA) is 83.4 Å². The Morgan fingerprint density at radius 2 is 2.25 bits per heavy atom. The number of nitrogens with zero attached hydrogens (tertiary/aromatic N) is 2. The van der Waals surface area contributed by atoms with Crippen LogP contribution in [0.1, 0.15) is 17.8 Å². The second-order valence-electron chi connectivity index (χ2n) is 5.82. The van der Waals surface area contributed by atoms with E-state index in [1.807, 2.05) is 24.3 Å². The van der Waals surface area contributed by atoms with Gasteiger partial charge in [0.1, 0.15) is 24.3 Å². The molecular weight excluding hydrogens is 308 g/mol. The third-order valence-corrected chi connectivity index (χ3v) is 4.10. The monoisotopic (exact) mass is 326 g/mol. The van der Waals surface area contributed by atoms with E-state index in [-0.39, 0.29) is 6.03 Å². The molecule has 1 aromatic carbocycles. The minimum absolute atomic E-state index is 0.00320. The van der Waals surface area contributed by atoms with Gasteiger partial charge in [0.05, 0.1) is 6.54 Å². The molecule has 2 aromatic heterocycles. The maximum Gasteiger partial charge on any atom is 0.317 e. The number of H-pyrrole nitrogens is 1. The molecule has 2 amide bonds. The van der Waals surface area contributed by atoms with Crippen molar-refractivity contribution in [1.29, 1.82) is 0 Å². The highest BCUT2D eigenvalue weighted by molar-refractivity contribution is 5.82. The Balaban J connectivity index is 1.39. The van der Waals surface area contributed by atoms with Gasteiger partial charge in [0.2, 0.25) is 0 Å². The smallest absolute Gasteiger partial charge is 0.317 e. The molecule has 24 heavy (non-hydrogen) atoms. The number of likely N-dealkylation sites (tertiary alicyclic amines) is 1. The first-order valence-electron chi connectivity index (χ1n) is 7.94. The predicted octanol–water partition coefficient (Wildman–Crippen LogP) is 2.65. The summed E-state index contributed by atoms with van der Waals surface area (Å²) in [7, 11) is 0. The van der Waals surface area contributed by atoms with Crippen LogP contribution in [0.25, 0.3) is 10.9 Å². The number of carbonyl (C=O) groups is 1. The van der Waals surface area contributed by atoms with Crippen molar-refractivity contribution in [2.24, 2.45) is 0 Å². The Hall–Kier alpha value is -2.96. The fraction of sp³-hybridized carbons (Fsp3) is 0.294. The van der Waals surface area contributed by atoms with Crippen molar-refractivity contribution in [2.45, 2.75) is 19.6 Å². The van der Waals surface area contributed by atoms with E-state index >= 15 is 0 Å². The number of benzene rings is 1. The third kappa shape index (κ3) is 3.05. The Morgan fingerprint density at radius 3 is 3.00 bits per heavy atom.